The van der Waals surface area contributed by atoms with Crippen molar-refractivity contribution in [1.29, 1.82) is 0 Å². The van der Waals surface area contributed by atoms with Crippen LogP contribution in [-0.2, 0) is 8.89 Å². The van der Waals surface area contributed by atoms with E-state index in [1.807, 2.05) is 27.7 Å². The van der Waals surface area contributed by atoms with Gasteiger partial charge in [-0.1, -0.05) is 13.8 Å². The molecule has 0 aromatic rings. The Hall–Kier alpha value is -0.383. The van der Waals surface area contributed by atoms with Crippen molar-refractivity contribution < 1.29 is 13.7 Å². The summed E-state index contributed by atoms with van der Waals surface area (Å²) in [4.78, 5) is 8.56. The smallest absolute Gasteiger partial charge is 0.511 e. The summed E-state index contributed by atoms with van der Waals surface area (Å²) in [7, 11) is -2.80. The Kier molecular flexibility index (Phi) is 3.72. The molecule has 0 fully saturated rings. The number of hydrogen-bond acceptors (Lipinski definition) is 2. The van der Waals surface area contributed by atoms with Crippen molar-refractivity contribution >= 4 is 9.17 Å². The van der Waals surface area contributed by atoms with Gasteiger partial charge in [0.25, 0.3) is 0 Å². The van der Waals surface area contributed by atoms with Crippen LogP contribution in [-0.4, -0.2) is 19.6 Å². The molecular weight excluding hydrogens is 160 g/mol. The largest absolute Gasteiger partial charge is 0.765 e. The Labute approximate surface area is 69.3 Å². The summed E-state index contributed by atoms with van der Waals surface area (Å²) in [6.07, 6.45) is 0.947. The van der Waals surface area contributed by atoms with Crippen LogP contribution in [0.4, 0.5) is 0 Å². The average molecular weight is 176 g/mol. The average Bonchev–Trinajstić information content (AvgIpc) is 1.83. The zero-order valence-electron chi connectivity index (χ0n) is 7.55. The van der Waals surface area contributed by atoms with Crippen LogP contribution in [0, 0.1) is 5.92 Å². The molecule has 0 bridgehead atoms. The molecule has 11 heavy (non-hydrogen) atoms. The van der Waals surface area contributed by atoms with Crippen LogP contribution < -0.4 is 0 Å². The summed E-state index contributed by atoms with van der Waals surface area (Å²) in [5, 5.41) is 0. The van der Waals surface area contributed by atoms with E-state index in [1.54, 1.807) is 0 Å². The monoisotopic (exact) mass is 176 g/mol. The first-order valence-corrected chi connectivity index (χ1v) is 5.08. The molecule has 0 saturated carbocycles. The van der Waals surface area contributed by atoms with E-state index in [9.17, 15) is 4.46 Å². The van der Waals surface area contributed by atoms with Crippen molar-refractivity contribution in [1.82, 2.24) is 0 Å². The first-order valence-electron chi connectivity index (χ1n) is 3.82. The van der Waals surface area contributed by atoms with Crippen molar-refractivity contribution in [3.63, 3.8) is 0 Å². The van der Waals surface area contributed by atoms with E-state index in [4.69, 9.17) is 9.22 Å². The van der Waals surface area contributed by atoms with Gasteiger partial charge < -0.3 is 9.22 Å². The van der Waals surface area contributed by atoms with Gasteiger partial charge in [-0.3, -0.25) is 4.46 Å². The maximum atomic E-state index is 10.4. The highest BCUT2D eigenvalue weighted by Crippen LogP contribution is 2.22. The maximum Gasteiger partial charge on any atom is 0.765 e. The molecular formula is C7H16O3Si. The van der Waals surface area contributed by atoms with E-state index in [1.165, 1.54) is 0 Å². The molecule has 0 aliphatic rings. The first kappa shape index (κ1) is 10.6. The third kappa shape index (κ3) is 3.50. The van der Waals surface area contributed by atoms with E-state index in [2.05, 4.69) is 0 Å². The third-order valence-electron chi connectivity index (χ3n) is 2.15. The van der Waals surface area contributed by atoms with Gasteiger partial charge in [-0.15, -0.1) is 0 Å². The molecule has 0 aliphatic carbocycles. The number of hydrogen-bond donors (Lipinski definition) is 1. The van der Waals surface area contributed by atoms with E-state index in [0.29, 0.717) is 5.92 Å². The van der Waals surface area contributed by atoms with E-state index >= 15 is 0 Å². The van der Waals surface area contributed by atoms with Gasteiger partial charge in [0.15, 0.2) is 0 Å². The van der Waals surface area contributed by atoms with Crippen LogP contribution in [0.5, 0.6) is 0 Å². The van der Waals surface area contributed by atoms with Crippen LogP contribution in [0.15, 0.2) is 0 Å². The molecule has 66 valence electrons. The minimum atomic E-state index is -2.80. The Morgan fingerprint density at radius 3 is 2.36 bits per heavy atom. The molecule has 0 heterocycles. The summed E-state index contributed by atoms with van der Waals surface area (Å²) < 4.78 is 15.3. The summed E-state index contributed by atoms with van der Waals surface area (Å²) in [6.45, 7) is 7.70. The molecule has 1 atom stereocenters. The molecule has 0 spiro atoms. The van der Waals surface area contributed by atoms with Gasteiger partial charge in [0.2, 0.25) is 0 Å². The lowest BCUT2D eigenvalue weighted by Crippen LogP contribution is -2.35. The lowest BCUT2D eigenvalue weighted by molar-refractivity contribution is 0.0212. The summed E-state index contributed by atoms with van der Waals surface area (Å²) in [6, 6.07) is 0. The minimum Gasteiger partial charge on any atom is -0.511 e. The predicted octanol–water partition coefficient (Wildman–Crippen LogP) is 1.24. The quantitative estimate of drug-likeness (QED) is 0.655. The second-order valence-electron chi connectivity index (χ2n) is 3.28. The van der Waals surface area contributed by atoms with E-state index in [0.717, 1.165) is 6.42 Å². The highest BCUT2D eigenvalue weighted by atomic mass is 28.3. The predicted molar refractivity (Wildman–Crippen MR) is 43.3 cm³/mol. The Morgan fingerprint density at radius 1 is 1.64 bits per heavy atom. The van der Waals surface area contributed by atoms with Crippen molar-refractivity contribution in [3.8, 4) is 0 Å². The molecule has 0 radical (unpaired) electrons. The molecule has 0 saturated heterocycles. The fourth-order valence-electron chi connectivity index (χ4n) is 0.817. The lowest BCUT2D eigenvalue weighted by atomic mass is 9.91. The molecule has 1 unspecified atom stereocenters. The van der Waals surface area contributed by atoms with Gasteiger partial charge >= 0.3 is 9.17 Å². The van der Waals surface area contributed by atoms with E-state index < -0.39 is 14.8 Å². The molecule has 0 aromatic heterocycles. The minimum absolute atomic E-state index is 0.295. The van der Waals surface area contributed by atoms with Crippen molar-refractivity contribution in [3.05, 3.63) is 0 Å². The SMILES string of the molecule is CCC(C)C(C)(C)O[Si](=O)O. The van der Waals surface area contributed by atoms with Gasteiger partial charge in [0, 0.05) is 0 Å². The zero-order chi connectivity index (χ0) is 9.07. The molecule has 4 heteroatoms. The topological polar surface area (TPSA) is 46.5 Å². The van der Waals surface area contributed by atoms with Crippen molar-refractivity contribution in [2.45, 2.75) is 39.7 Å². The fraction of sp³-hybridized carbons (Fsp3) is 1.00. The standard InChI is InChI=1S/C7H16O3Si/c1-5-6(2)7(3,4)10-11(8)9/h6,8H,5H2,1-4H3. The highest BCUT2D eigenvalue weighted by molar-refractivity contribution is 6.24. The van der Waals surface area contributed by atoms with Crippen LogP contribution in [0.3, 0.4) is 0 Å². The Balaban J connectivity index is 4.08. The van der Waals surface area contributed by atoms with Crippen LogP contribution in [0.25, 0.3) is 0 Å². The van der Waals surface area contributed by atoms with Crippen LogP contribution in [0.2, 0.25) is 0 Å². The normalized spacial score (nSPS) is 14.2. The zero-order valence-corrected chi connectivity index (χ0v) is 8.55. The second kappa shape index (κ2) is 3.85. The van der Waals surface area contributed by atoms with Crippen molar-refractivity contribution in [2.75, 3.05) is 0 Å². The summed E-state index contributed by atoms with van der Waals surface area (Å²) in [5.74, 6) is 0.295. The van der Waals surface area contributed by atoms with Gasteiger partial charge in [0.05, 0.1) is 5.60 Å². The molecule has 1 N–H and O–H groups in total. The summed E-state index contributed by atoms with van der Waals surface area (Å²) >= 11 is 0. The van der Waals surface area contributed by atoms with Gasteiger partial charge in [-0.2, -0.15) is 0 Å². The Bertz CT molecular complexity index is 145. The maximum absolute atomic E-state index is 10.4. The van der Waals surface area contributed by atoms with Gasteiger partial charge in [0.1, 0.15) is 0 Å². The van der Waals surface area contributed by atoms with Crippen LogP contribution >= 0.6 is 0 Å². The third-order valence-corrected chi connectivity index (χ3v) is 2.85. The molecule has 0 aromatic carbocycles. The lowest BCUT2D eigenvalue weighted by Gasteiger charge is -2.30. The van der Waals surface area contributed by atoms with Gasteiger partial charge in [-0.25, -0.2) is 0 Å². The molecule has 0 amide bonds. The molecule has 0 rings (SSSR count). The number of rotatable bonds is 4. The van der Waals surface area contributed by atoms with Crippen molar-refractivity contribution in [2.24, 2.45) is 5.92 Å². The van der Waals surface area contributed by atoms with E-state index in [-0.39, 0.29) is 0 Å². The highest BCUT2D eigenvalue weighted by Gasteiger charge is 2.29. The molecule has 0 aliphatic heterocycles. The molecule has 3 nitrogen and oxygen atoms in total. The van der Waals surface area contributed by atoms with Gasteiger partial charge in [-0.05, 0) is 26.2 Å². The first-order chi connectivity index (χ1) is 4.90. The summed E-state index contributed by atoms with van der Waals surface area (Å²) in [5.41, 5.74) is -0.487. The fourth-order valence-corrected chi connectivity index (χ4v) is 1.47. The van der Waals surface area contributed by atoms with Crippen LogP contribution in [0.1, 0.15) is 34.1 Å². The second-order valence-corrected chi connectivity index (χ2v) is 4.02. The Morgan fingerprint density at radius 2 is 2.09 bits per heavy atom.